The molecule has 5 heteroatoms. The average molecular weight is 354 g/mol. The third kappa shape index (κ3) is 4.85. The van der Waals surface area contributed by atoms with Crippen molar-refractivity contribution >= 4 is 17.5 Å². The zero-order chi connectivity index (χ0) is 19.1. The van der Waals surface area contributed by atoms with E-state index in [0.717, 1.165) is 17.5 Å². The summed E-state index contributed by atoms with van der Waals surface area (Å²) in [6.07, 6.45) is 0.156. The molecule has 0 spiro atoms. The quantitative estimate of drug-likeness (QED) is 0.794. The third-order valence-electron chi connectivity index (χ3n) is 4.19. The van der Waals surface area contributed by atoms with Crippen molar-refractivity contribution in [1.82, 2.24) is 5.32 Å². The summed E-state index contributed by atoms with van der Waals surface area (Å²) in [6, 6.07) is 12.7. The van der Waals surface area contributed by atoms with Gasteiger partial charge in [-0.3, -0.25) is 9.59 Å². The molecule has 1 atom stereocenters. The number of hydrogen-bond donors (Lipinski definition) is 2. The van der Waals surface area contributed by atoms with Gasteiger partial charge in [0.25, 0.3) is 11.8 Å². The number of ether oxygens (including phenoxy) is 1. The maximum Gasteiger partial charge on any atom is 0.265 e. The van der Waals surface area contributed by atoms with Crippen molar-refractivity contribution in [2.24, 2.45) is 0 Å². The van der Waals surface area contributed by atoms with E-state index in [1.807, 2.05) is 39.0 Å². The number of amides is 2. The molecule has 26 heavy (non-hydrogen) atoms. The first kappa shape index (κ1) is 19.5. The number of carbonyl (C=O) groups is 2. The van der Waals surface area contributed by atoms with Gasteiger partial charge in [-0.2, -0.15) is 0 Å². The molecule has 2 aromatic rings. The van der Waals surface area contributed by atoms with Crippen LogP contribution in [0, 0.1) is 13.8 Å². The molecule has 0 aliphatic heterocycles. The molecule has 0 radical (unpaired) electrons. The van der Waals surface area contributed by atoms with Crippen LogP contribution in [0.1, 0.15) is 41.8 Å². The van der Waals surface area contributed by atoms with Crippen molar-refractivity contribution in [3.05, 3.63) is 59.2 Å². The van der Waals surface area contributed by atoms with Crippen LogP contribution in [0.4, 0.5) is 5.69 Å². The third-order valence-corrected chi connectivity index (χ3v) is 4.19. The van der Waals surface area contributed by atoms with Gasteiger partial charge >= 0.3 is 0 Å². The first-order valence-corrected chi connectivity index (χ1v) is 8.85. The second-order valence-corrected chi connectivity index (χ2v) is 6.25. The molecule has 0 fully saturated rings. The van der Waals surface area contributed by atoms with Crippen molar-refractivity contribution in [3.63, 3.8) is 0 Å². The number of nitrogens with one attached hydrogen (secondary N) is 2. The largest absolute Gasteiger partial charge is 0.481 e. The van der Waals surface area contributed by atoms with Gasteiger partial charge in [-0.1, -0.05) is 31.2 Å². The second kappa shape index (κ2) is 9.04. The normalized spacial score (nSPS) is 11.5. The van der Waals surface area contributed by atoms with Crippen LogP contribution in [-0.2, 0) is 4.79 Å². The van der Waals surface area contributed by atoms with Gasteiger partial charge in [-0.05, 0) is 56.5 Å². The maximum absolute atomic E-state index is 12.5. The second-order valence-electron chi connectivity index (χ2n) is 6.25. The smallest absolute Gasteiger partial charge is 0.265 e. The molecule has 138 valence electrons. The van der Waals surface area contributed by atoms with E-state index >= 15 is 0 Å². The monoisotopic (exact) mass is 354 g/mol. The minimum absolute atomic E-state index is 0.203. The lowest BCUT2D eigenvalue weighted by atomic mass is 10.1. The molecule has 1 unspecified atom stereocenters. The van der Waals surface area contributed by atoms with Gasteiger partial charge in [0.2, 0.25) is 0 Å². The highest BCUT2D eigenvalue weighted by molar-refractivity contribution is 6.04. The highest BCUT2D eigenvalue weighted by atomic mass is 16.5. The van der Waals surface area contributed by atoms with Gasteiger partial charge in [-0.25, -0.2) is 0 Å². The van der Waals surface area contributed by atoms with Crippen molar-refractivity contribution in [1.29, 1.82) is 0 Å². The Morgan fingerprint density at radius 1 is 1.08 bits per heavy atom. The molecule has 2 N–H and O–H groups in total. The molecule has 0 aliphatic carbocycles. The maximum atomic E-state index is 12.5. The standard InChI is InChI=1S/C21H26N2O3/c1-5-13-22-21(25)17-10-6-7-11-18(17)23-20(24)16(4)26-19-12-8-9-14(2)15(19)3/h6-12,16H,5,13H2,1-4H3,(H,22,25)(H,23,24). The van der Waals surface area contributed by atoms with Crippen LogP contribution >= 0.6 is 0 Å². The summed E-state index contributed by atoms with van der Waals surface area (Å²) in [4.78, 5) is 24.8. The van der Waals surface area contributed by atoms with E-state index in [-0.39, 0.29) is 11.8 Å². The Morgan fingerprint density at radius 2 is 1.81 bits per heavy atom. The molecule has 5 nitrogen and oxygen atoms in total. The Bertz CT molecular complexity index is 787. The van der Waals surface area contributed by atoms with E-state index in [9.17, 15) is 9.59 Å². The van der Waals surface area contributed by atoms with Crippen LogP contribution in [0.2, 0.25) is 0 Å². The zero-order valence-electron chi connectivity index (χ0n) is 15.8. The summed E-state index contributed by atoms with van der Waals surface area (Å²) in [7, 11) is 0. The van der Waals surface area contributed by atoms with Crippen LogP contribution in [0.15, 0.2) is 42.5 Å². The van der Waals surface area contributed by atoms with E-state index in [0.29, 0.717) is 23.5 Å². The van der Waals surface area contributed by atoms with E-state index < -0.39 is 6.10 Å². The van der Waals surface area contributed by atoms with E-state index in [4.69, 9.17) is 4.74 Å². The van der Waals surface area contributed by atoms with Crippen LogP contribution in [0.5, 0.6) is 5.75 Å². The van der Waals surface area contributed by atoms with Gasteiger partial charge in [-0.15, -0.1) is 0 Å². The summed E-state index contributed by atoms with van der Waals surface area (Å²) in [6.45, 7) is 8.23. The Kier molecular flexibility index (Phi) is 6.78. The minimum atomic E-state index is -0.692. The van der Waals surface area contributed by atoms with Crippen LogP contribution < -0.4 is 15.4 Å². The number of hydrogen-bond acceptors (Lipinski definition) is 3. The fourth-order valence-corrected chi connectivity index (χ4v) is 2.45. The van der Waals surface area contributed by atoms with Crippen molar-refractivity contribution in [2.75, 3.05) is 11.9 Å². The van der Waals surface area contributed by atoms with E-state index in [1.165, 1.54) is 0 Å². The molecule has 0 bridgehead atoms. The average Bonchev–Trinajstić information content (AvgIpc) is 2.63. The fraction of sp³-hybridized carbons (Fsp3) is 0.333. The Hall–Kier alpha value is -2.82. The van der Waals surface area contributed by atoms with Crippen LogP contribution in [-0.4, -0.2) is 24.5 Å². The van der Waals surface area contributed by atoms with Gasteiger partial charge in [0.1, 0.15) is 5.75 Å². The van der Waals surface area contributed by atoms with Crippen molar-refractivity contribution in [2.45, 2.75) is 40.2 Å². The number of rotatable bonds is 7. The molecule has 2 rings (SSSR count). The fourth-order valence-electron chi connectivity index (χ4n) is 2.45. The minimum Gasteiger partial charge on any atom is -0.481 e. The molecule has 0 saturated carbocycles. The highest BCUT2D eigenvalue weighted by Crippen LogP contribution is 2.22. The van der Waals surface area contributed by atoms with E-state index in [2.05, 4.69) is 10.6 Å². The van der Waals surface area contributed by atoms with Gasteiger partial charge in [0.15, 0.2) is 6.10 Å². The van der Waals surface area contributed by atoms with Crippen LogP contribution in [0.25, 0.3) is 0 Å². The summed E-state index contributed by atoms with van der Waals surface area (Å²) in [5.74, 6) is 0.175. The lowest BCUT2D eigenvalue weighted by Gasteiger charge is -2.18. The van der Waals surface area contributed by atoms with Crippen LogP contribution in [0.3, 0.4) is 0 Å². The van der Waals surface area contributed by atoms with Gasteiger partial charge in [0, 0.05) is 6.54 Å². The lowest BCUT2D eigenvalue weighted by Crippen LogP contribution is -2.32. The number of anilines is 1. The first-order chi connectivity index (χ1) is 12.4. The summed E-state index contributed by atoms with van der Waals surface area (Å²) in [5.41, 5.74) is 3.02. The van der Waals surface area contributed by atoms with Gasteiger partial charge < -0.3 is 15.4 Å². The topological polar surface area (TPSA) is 67.4 Å². The number of benzene rings is 2. The summed E-state index contributed by atoms with van der Waals surface area (Å²) < 4.78 is 5.81. The highest BCUT2D eigenvalue weighted by Gasteiger charge is 2.19. The zero-order valence-corrected chi connectivity index (χ0v) is 15.8. The molecule has 0 aliphatic rings. The molecule has 0 saturated heterocycles. The molecular weight excluding hydrogens is 328 g/mol. The predicted molar refractivity (Wildman–Crippen MR) is 104 cm³/mol. The summed E-state index contributed by atoms with van der Waals surface area (Å²) >= 11 is 0. The molecule has 0 heterocycles. The SMILES string of the molecule is CCCNC(=O)c1ccccc1NC(=O)C(C)Oc1cccc(C)c1C. The van der Waals surface area contributed by atoms with E-state index in [1.54, 1.807) is 31.2 Å². The predicted octanol–water partition coefficient (Wildman–Crippen LogP) is 3.85. The van der Waals surface area contributed by atoms with Crippen molar-refractivity contribution < 1.29 is 14.3 Å². The summed E-state index contributed by atoms with van der Waals surface area (Å²) in [5, 5.41) is 5.62. The molecule has 2 aromatic carbocycles. The van der Waals surface area contributed by atoms with Crippen molar-refractivity contribution in [3.8, 4) is 5.75 Å². The number of aryl methyl sites for hydroxylation is 1. The Morgan fingerprint density at radius 3 is 2.54 bits per heavy atom. The first-order valence-electron chi connectivity index (χ1n) is 8.85. The van der Waals surface area contributed by atoms with Gasteiger partial charge in [0.05, 0.1) is 11.3 Å². The number of para-hydroxylation sites is 1. The molecule has 0 aromatic heterocycles. The molecule has 2 amide bonds. The number of carbonyl (C=O) groups excluding carboxylic acids is 2. The Labute approximate surface area is 154 Å². The molecular formula is C21H26N2O3. The Balaban J connectivity index is 2.09. The lowest BCUT2D eigenvalue weighted by molar-refractivity contribution is -0.122.